The predicted molar refractivity (Wildman–Crippen MR) is 81.7 cm³/mol. The Kier molecular flexibility index (Phi) is 3.60. The largest absolute Gasteiger partial charge is 0.478 e. The van der Waals surface area contributed by atoms with E-state index in [1.54, 1.807) is 6.07 Å². The lowest BCUT2D eigenvalue weighted by Gasteiger charge is -2.11. The van der Waals surface area contributed by atoms with Crippen LogP contribution in [0.4, 0.5) is 5.82 Å². The number of fused-ring (bicyclic) bond motifs is 1. The van der Waals surface area contributed by atoms with E-state index in [0.717, 1.165) is 36.1 Å². The molecule has 0 bridgehead atoms. The van der Waals surface area contributed by atoms with Crippen molar-refractivity contribution in [2.45, 2.75) is 32.7 Å². The van der Waals surface area contributed by atoms with E-state index in [1.807, 2.05) is 25.1 Å². The molecule has 3 rings (SSSR count). The van der Waals surface area contributed by atoms with Crippen LogP contribution < -0.4 is 5.32 Å². The average Bonchev–Trinajstić information content (AvgIpc) is 2.91. The molecule has 1 aromatic carbocycles. The van der Waals surface area contributed by atoms with Crippen molar-refractivity contribution in [3.8, 4) is 0 Å². The molecule has 2 N–H and O–H groups in total. The van der Waals surface area contributed by atoms with E-state index in [1.165, 1.54) is 5.56 Å². The number of pyridine rings is 1. The van der Waals surface area contributed by atoms with Gasteiger partial charge in [-0.05, 0) is 43.4 Å². The van der Waals surface area contributed by atoms with Gasteiger partial charge in [-0.25, -0.2) is 9.78 Å². The molecule has 4 nitrogen and oxygen atoms in total. The minimum Gasteiger partial charge on any atom is -0.478 e. The third-order valence-electron chi connectivity index (χ3n) is 3.82. The molecule has 0 atom stereocenters. The Balaban J connectivity index is 1.86. The van der Waals surface area contributed by atoms with Crippen LogP contribution in [0.15, 0.2) is 30.3 Å². The Hall–Kier alpha value is -2.36. The van der Waals surface area contributed by atoms with E-state index in [2.05, 4.69) is 16.4 Å². The molecule has 0 aliphatic heterocycles. The Morgan fingerprint density at radius 1 is 1.33 bits per heavy atom. The smallest absolute Gasteiger partial charge is 0.339 e. The molecule has 108 valence electrons. The number of hydrogen-bond acceptors (Lipinski definition) is 3. The van der Waals surface area contributed by atoms with E-state index in [4.69, 9.17) is 0 Å². The first kappa shape index (κ1) is 13.6. The van der Waals surface area contributed by atoms with Gasteiger partial charge in [-0.1, -0.05) is 29.8 Å². The Labute approximate surface area is 123 Å². The zero-order valence-corrected chi connectivity index (χ0v) is 12.0. The molecule has 1 aliphatic carbocycles. The quantitative estimate of drug-likeness (QED) is 0.904. The molecular formula is C17H18N2O2. The average molecular weight is 282 g/mol. The van der Waals surface area contributed by atoms with Crippen molar-refractivity contribution in [2.24, 2.45) is 0 Å². The van der Waals surface area contributed by atoms with Gasteiger partial charge in [0.05, 0.1) is 0 Å². The van der Waals surface area contributed by atoms with Gasteiger partial charge in [-0.3, -0.25) is 0 Å². The van der Waals surface area contributed by atoms with Crippen molar-refractivity contribution in [3.05, 3.63) is 58.3 Å². The number of carbonyl (C=O) groups is 1. The van der Waals surface area contributed by atoms with Gasteiger partial charge in [0.2, 0.25) is 0 Å². The predicted octanol–water partition coefficient (Wildman–Crippen LogP) is 3.19. The molecule has 0 amide bonds. The number of aromatic nitrogens is 1. The van der Waals surface area contributed by atoms with Crippen LogP contribution in [-0.2, 0) is 19.4 Å². The van der Waals surface area contributed by atoms with Crippen LogP contribution in [-0.4, -0.2) is 16.1 Å². The number of carboxylic acid groups (broad SMARTS) is 1. The van der Waals surface area contributed by atoms with Gasteiger partial charge < -0.3 is 10.4 Å². The van der Waals surface area contributed by atoms with E-state index in [-0.39, 0.29) is 5.56 Å². The van der Waals surface area contributed by atoms with Crippen molar-refractivity contribution in [1.29, 1.82) is 0 Å². The number of aryl methyl sites for hydroxylation is 3. The maximum atomic E-state index is 11.4. The van der Waals surface area contributed by atoms with Crippen molar-refractivity contribution >= 4 is 11.8 Å². The minimum absolute atomic E-state index is 0.267. The van der Waals surface area contributed by atoms with Gasteiger partial charge >= 0.3 is 5.97 Å². The number of aromatic carboxylic acids is 1. The van der Waals surface area contributed by atoms with Crippen molar-refractivity contribution < 1.29 is 9.90 Å². The summed E-state index contributed by atoms with van der Waals surface area (Å²) in [6, 6.07) is 9.92. The lowest BCUT2D eigenvalue weighted by Crippen LogP contribution is -2.10. The van der Waals surface area contributed by atoms with Crippen LogP contribution >= 0.6 is 0 Å². The molecule has 0 saturated heterocycles. The van der Waals surface area contributed by atoms with Gasteiger partial charge in [-0.2, -0.15) is 0 Å². The van der Waals surface area contributed by atoms with E-state index >= 15 is 0 Å². The fraction of sp³-hybridized carbons (Fsp3) is 0.294. The third kappa shape index (κ3) is 2.89. The number of nitrogens with one attached hydrogen (secondary N) is 1. The molecule has 0 saturated carbocycles. The molecule has 1 heterocycles. The zero-order chi connectivity index (χ0) is 14.8. The van der Waals surface area contributed by atoms with E-state index in [9.17, 15) is 9.90 Å². The fourth-order valence-electron chi connectivity index (χ4n) is 2.78. The van der Waals surface area contributed by atoms with Gasteiger partial charge in [0, 0.05) is 12.2 Å². The summed E-state index contributed by atoms with van der Waals surface area (Å²) in [7, 11) is 0. The van der Waals surface area contributed by atoms with E-state index in [0.29, 0.717) is 12.4 Å². The number of benzene rings is 1. The molecule has 2 aromatic rings. The molecule has 0 spiro atoms. The number of hydrogen-bond donors (Lipinski definition) is 2. The first-order valence-corrected chi connectivity index (χ1v) is 7.19. The molecule has 0 unspecified atom stereocenters. The molecule has 1 aromatic heterocycles. The molecule has 21 heavy (non-hydrogen) atoms. The maximum Gasteiger partial charge on any atom is 0.339 e. The summed E-state index contributed by atoms with van der Waals surface area (Å²) >= 11 is 0. The van der Waals surface area contributed by atoms with Crippen LogP contribution in [0.3, 0.4) is 0 Å². The van der Waals surface area contributed by atoms with Crippen LogP contribution in [0, 0.1) is 6.92 Å². The third-order valence-corrected chi connectivity index (χ3v) is 3.82. The highest BCUT2D eigenvalue weighted by Gasteiger charge is 2.19. The minimum atomic E-state index is -0.927. The lowest BCUT2D eigenvalue weighted by molar-refractivity contribution is 0.0697. The number of rotatable bonds is 4. The van der Waals surface area contributed by atoms with Gasteiger partial charge in [0.25, 0.3) is 0 Å². The van der Waals surface area contributed by atoms with Crippen molar-refractivity contribution in [1.82, 2.24) is 4.98 Å². The SMILES string of the molecule is Cc1cccc(CNc2nc3c(cc2C(=O)O)CCC3)c1. The van der Waals surface area contributed by atoms with Crippen LogP contribution in [0.5, 0.6) is 0 Å². The molecule has 0 fully saturated rings. The van der Waals surface area contributed by atoms with Crippen LogP contribution in [0.2, 0.25) is 0 Å². The van der Waals surface area contributed by atoms with Crippen molar-refractivity contribution in [3.63, 3.8) is 0 Å². The Bertz CT molecular complexity index is 695. The summed E-state index contributed by atoms with van der Waals surface area (Å²) in [5, 5.41) is 12.5. The normalized spacial score (nSPS) is 13.0. The fourth-order valence-corrected chi connectivity index (χ4v) is 2.78. The standard InChI is InChI=1S/C17H18N2O2/c1-11-4-2-5-12(8-11)10-18-16-14(17(20)21)9-13-6-3-7-15(13)19-16/h2,4-5,8-9H,3,6-7,10H2,1H3,(H,18,19)(H,20,21). The molecule has 4 heteroatoms. The monoisotopic (exact) mass is 282 g/mol. The molecule has 1 aliphatic rings. The highest BCUT2D eigenvalue weighted by molar-refractivity contribution is 5.93. The number of anilines is 1. The van der Waals surface area contributed by atoms with Crippen LogP contribution in [0.1, 0.15) is 39.2 Å². The number of carboxylic acids is 1. The highest BCUT2D eigenvalue weighted by Crippen LogP contribution is 2.25. The second kappa shape index (κ2) is 5.56. The summed E-state index contributed by atoms with van der Waals surface area (Å²) in [6.45, 7) is 2.62. The second-order valence-corrected chi connectivity index (χ2v) is 5.49. The van der Waals surface area contributed by atoms with Gasteiger partial charge in [-0.15, -0.1) is 0 Å². The van der Waals surface area contributed by atoms with Crippen LogP contribution in [0.25, 0.3) is 0 Å². The van der Waals surface area contributed by atoms with Gasteiger partial charge in [0.15, 0.2) is 0 Å². The summed E-state index contributed by atoms with van der Waals surface area (Å²) in [5.41, 5.74) is 4.69. The topological polar surface area (TPSA) is 62.2 Å². The first-order chi connectivity index (χ1) is 10.1. The molecular weight excluding hydrogens is 264 g/mol. The maximum absolute atomic E-state index is 11.4. The summed E-state index contributed by atoms with van der Waals surface area (Å²) in [5.74, 6) is -0.450. The van der Waals surface area contributed by atoms with E-state index < -0.39 is 5.97 Å². The second-order valence-electron chi connectivity index (χ2n) is 5.49. The summed E-state index contributed by atoms with van der Waals surface area (Å²) in [4.78, 5) is 15.9. The molecule has 0 radical (unpaired) electrons. The summed E-state index contributed by atoms with van der Waals surface area (Å²) < 4.78 is 0. The Morgan fingerprint density at radius 3 is 2.95 bits per heavy atom. The number of nitrogens with zero attached hydrogens (tertiary/aromatic N) is 1. The van der Waals surface area contributed by atoms with Crippen molar-refractivity contribution in [2.75, 3.05) is 5.32 Å². The lowest BCUT2D eigenvalue weighted by atomic mass is 10.1. The first-order valence-electron chi connectivity index (χ1n) is 7.19. The highest BCUT2D eigenvalue weighted by atomic mass is 16.4. The zero-order valence-electron chi connectivity index (χ0n) is 12.0. The van der Waals surface area contributed by atoms with Gasteiger partial charge in [0.1, 0.15) is 11.4 Å². The summed E-state index contributed by atoms with van der Waals surface area (Å²) in [6.07, 6.45) is 2.93. The Morgan fingerprint density at radius 2 is 2.19 bits per heavy atom.